The van der Waals surface area contributed by atoms with Gasteiger partial charge in [0.2, 0.25) is 0 Å². The van der Waals surface area contributed by atoms with Gasteiger partial charge in [-0.2, -0.15) is 0 Å². The van der Waals surface area contributed by atoms with E-state index in [0.717, 1.165) is 16.9 Å². The van der Waals surface area contributed by atoms with Gasteiger partial charge in [-0.1, -0.05) is 23.8 Å². The minimum Gasteiger partial charge on any atom is -0.496 e. The summed E-state index contributed by atoms with van der Waals surface area (Å²) in [5.74, 6) is 0.846. The first-order chi connectivity index (χ1) is 6.69. The second-order valence-electron chi connectivity index (χ2n) is 2.98. The lowest BCUT2D eigenvalue weighted by Crippen LogP contribution is -1.94. The van der Waals surface area contributed by atoms with Crippen LogP contribution in [-0.2, 0) is 0 Å². The SMILES string of the molecule is COc1c(C)cc(Cl)cc1/C=C/CN. The predicted molar refractivity (Wildman–Crippen MR) is 60.8 cm³/mol. The molecule has 0 fully saturated rings. The topological polar surface area (TPSA) is 35.2 Å². The lowest BCUT2D eigenvalue weighted by molar-refractivity contribution is 0.411. The van der Waals surface area contributed by atoms with Crippen LogP contribution in [0.4, 0.5) is 0 Å². The van der Waals surface area contributed by atoms with E-state index in [2.05, 4.69) is 0 Å². The molecule has 0 aliphatic rings. The summed E-state index contributed by atoms with van der Waals surface area (Å²) in [5, 5.41) is 0.708. The highest BCUT2D eigenvalue weighted by Gasteiger charge is 2.04. The molecule has 1 aromatic rings. The van der Waals surface area contributed by atoms with Gasteiger partial charge in [0.1, 0.15) is 5.75 Å². The summed E-state index contributed by atoms with van der Waals surface area (Å²) in [7, 11) is 1.65. The van der Waals surface area contributed by atoms with Gasteiger partial charge < -0.3 is 10.5 Å². The van der Waals surface area contributed by atoms with E-state index in [0.29, 0.717) is 11.6 Å². The van der Waals surface area contributed by atoms with Crippen molar-refractivity contribution in [1.82, 2.24) is 0 Å². The van der Waals surface area contributed by atoms with Gasteiger partial charge >= 0.3 is 0 Å². The molecule has 0 aromatic heterocycles. The highest BCUT2D eigenvalue weighted by atomic mass is 35.5. The first kappa shape index (κ1) is 11.1. The molecule has 0 aliphatic heterocycles. The maximum Gasteiger partial charge on any atom is 0.129 e. The first-order valence-corrected chi connectivity index (χ1v) is 4.77. The number of methoxy groups -OCH3 is 1. The molecule has 0 atom stereocenters. The van der Waals surface area contributed by atoms with E-state index in [1.165, 1.54) is 0 Å². The Morgan fingerprint density at radius 3 is 2.79 bits per heavy atom. The van der Waals surface area contributed by atoms with Crippen LogP contribution in [0.1, 0.15) is 11.1 Å². The quantitative estimate of drug-likeness (QED) is 0.834. The van der Waals surface area contributed by atoms with Crippen molar-refractivity contribution in [3.8, 4) is 5.75 Å². The standard InChI is InChI=1S/C11H14ClNO/c1-8-6-10(12)7-9(4-3-5-13)11(8)14-2/h3-4,6-7H,5,13H2,1-2H3/b4-3+. The molecule has 0 radical (unpaired) electrons. The number of hydrogen-bond acceptors (Lipinski definition) is 2. The van der Waals surface area contributed by atoms with Gasteiger partial charge in [-0.05, 0) is 24.6 Å². The van der Waals surface area contributed by atoms with Crippen LogP contribution in [0.3, 0.4) is 0 Å². The van der Waals surface area contributed by atoms with E-state index in [1.54, 1.807) is 7.11 Å². The Morgan fingerprint density at radius 1 is 1.50 bits per heavy atom. The number of rotatable bonds is 3. The van der Waals surface area contributed by atoms with E-state index >= 15 is 0 Å². The summed E-state index contributed by atoms with van der Waals surface area (Å²) >= 11 is 5.94. The molecule has 76 valence electrons. The van der Waals surface area contributed by atoms with Crippen LogP contribution in [0.25, 0.3) is 6.08 Å². The summed E-state index contributed by atoms with van der Waals surface area (Å²) in [5.41, 5.74) is 7.37. The van der Waals surface area contributed by atoms with Crippen molar-refractivity contribution in [2.75, 3.05) is 13.7 Å². The van der Waals surface area contributed by atoms with Crippen LogP contribution in [0.2, 0.25) is 5.02 Å². The van der Waals surface area contributed by atoms with Gasteiger partial charge in [-0.25, -0.2) is 0 Å². The zero-order valence-electron chi connectivity index (χ0n) is 8.38. The van der Waals surface area contributed by atoms with E-state index in [4.69, 9.17) is 22.1 Å². The molecule has 0 unspecified atom stereocenters. The second-order valence-corrected chi connectivity index (χ2v) is 3.42. The average Bonchev–Trinajstić information content (AvgIpc) is 2.14. The molecule has 2 nitrogen and oxygen atoms in total. The lowest BCUT2D eigenvalue weighted by atomic mass is 10.1. The Kier molecular flexibility index (Phi) is 3.98. The number of halogens is 1. The maximum atomic E-state index is 5.94. The van der Waals surface area contributed by atoms with Crippen molar-refractivity contribution < 1.29 is 4.74 Å². The van der Waals surface area contributed by atoms with Crippen molar-refractivity contribution in [2.24, 2.45) is 5.73 Å². The fourth-order valence-corrected chi connectivity index (χ4v) is 1.63. The Bertz CT molecular complexity index is 347. The van der Waals surface area contributed by atoms with Crippen molar-refractivity contribution in [1.29, 1.82) is 0 Å². The van der Waals surface area contributed by atoms with E-state index in [9.17, 15) is 0 Å². The first-order valence-electron chi connectivity index (χ1n) is 4.39. The van der Waals surface area contributed by atoms with Crippen molar-refractivity contribution in [3.05, 3.63) is 34.4 Å². The molecule has 0 heterocycles. The molecule has 1 aromatic carbocycles. The van der Waals surface area contributed by atoms with Gasteiger partial charge in [-0.3, -0.25) is 0 Å². The normalized spacial score (nSPS) is 10.9. The third-order valence-corrected chi connectivity index (χ3v) is 2.12. The van der Waals surface area contributed by atoms with E-state index < -0.39 is 0 Å². The molecule has 3 heteroatoms. The molecule has 0 bridgehead atoms. The highest BCUT2D eigenvalue weighted by Crippen LogP contribution is 2.28. The molecule has 14 heavy (non-hydrogen) atoms. The van der Waals surface area contributed by atoms with Gasteiger partial charge in [0.05, 0.1) is 7.11 Å². The zero-order chi connectivity index (χ0) is 10.6. The van der Waals surface area contributed by atoms with Crippen molar-refractivity contribution in [3.63, 3.8) is 0 Å². The molecule has 0 aliphatic carbocycles. The minimum absolute atomic E-state index is 0.509. The fourth-order valence-electron chi connectivity index (χ4n) is 1.35. The van der Waals surface area contributed by atoms with Crippen LogP contribution in [-0.4, -0.2) is 13.7 Å². The second kappa shape index (κ2) is 5.03. The highest BCUT2D eigenvalue weighted by molar-refractivity contribution is 6.30. The third-order valence-electron chi connectivity index (χ3n) is 1.91. The maximum absolute atomic E-state index is 5.94. The smallest absolute Gasteiger partial charge is 0.129 e. The molecule has 0 amide bonds. The van der Waals surface area contributed by atoms with Crippen LogP contribution < -0.4 is 10.5 Å². The minimum atomic E-state index is 0.509. The number of nitrogens with two attached hydrogens (primary N) is 1. The van der Waals surface area contributed by atoms with E-state index in [-0.39, 0.29) is 0 Å². The molecule has 0 spiro atoms. The molecule has 2 N–H and O–H groups in total. The van der Waals surface area contributed by atoms with Crippen LogP contribution in [0.5, 0.6) is 5.75 Å². The monoisotopic (exact) mass is 211 g/mol. The third kappa shape index (κ3) is 2.50. The zero-order valence-corrected chi connectivity index (χ0v) is 9.14. The van der Waals surface area contributed by atoms with Crippen LogP contribution in [0, 0.1) is 6.92 Å². The fraction of sp³-hybridized carbons (Fsp3) is 0.273. The molecular weight excluding hydrogens is 198 g/mol. The average molecular weight is 212 g/mol. The molecule has 0 saturated heterocycles. The van der Waals surface area contributed by atoms with E-state index in [1.807, 2.05) is 31.2 Å². The Labute approximate surface area is 89.3 Å². The number of benzene rings is 1. The van der Waals surface area contributed by atoms with Crippen molar-refractivity contribution >= 4 is 17.7 Å². The number of aryl methyl sites for hydroxylation is 1. The summed E-state index contributed by atoms with van der Waals surface area (Å²) < 4.78 is 5.28. The van der Waals surface area contributed by atoms with Gasteiger partial charge in [0.15, 0.2) is 0 Å². The Balaban J connectivity index is 3.18. The van der Waals surface area contributed by atoms with Crippen molar-refractivity contribution in [2.45, 2.75) is 6.92 Å². The molecule has 1 rings (SSSR count). The summed E-state index contributed by atoms with van der Waals surface area (Å²) in [6.07, 6.45) is 3.78. The molecule has 0 saturated carbocycles. The van der Waals surface area contributed by atoms with Gasteiger partial charge in [0.25, 0.3) is 0 Å². The summed E-state index contributed by atoms with van der Waals surface area (Å²) in [6, 6.07) is 3.74. The Hall–Kier alpha value is -0.990. The summed E-state index contributed by atoms with van der Waals surface area (Å²) in [4.78, 5) is 0. The Morgan fingerprint density at radius 2 is 2.21 bits per heavy atom. The molecular formula is C11H14ClNO. The predicted octanol–water partition coefficient (Wildman–Crippen LogP) is 2.63. The largest absolute Gasteiger partial charge is 0.496 e. The van der Waals surface area contributed by atoms with Crippen LogP contribution in [0.15, 0.2) is 18.2 Å². The summed E-state index contributed by atoms with van der Waals surface area (Å²) in [6.45, 7) is 2.47. The number of hydrogen-bond donors (Lipinski definition) is 1. The van der Waals surface area contributed by atoms with Gasteiger partial charge in [0, 0.05) is 17.1 Å². The lowest BCUT2D eigenvalue weighted by Gasteiger charge is -2.08. The van der Waals surface area contributed by atoms with Gasteiger partial charge in [-0.15, -0.1) is 0 Å². The number of ether oxygens (including phenoxy) is 1. The van der Waals surface area contributed by atoms with Crippen LogP contribution >= 0.6 is 11.6 Å².